The van der Waals surface area contributed by atoms with E-state index in [2.05, 4.69) is 36.0 Å². The number of nitriles is 1. The number of rotatable bonds is 5. The van der Waals surface area contributed by atoms with Crippen LogP contribution in [-0.4, -0.2) is 27.8 Å². The summed E-state index contributed by atoms with van der Waals surface area (Å²) in [5.41, 5.74) is 2.27. The fourth-order valence-electron chi connectivity index (χ4n) is 1.70. The second-order valence-corrected chi connectivity index (χ2v) is 4.22. The first-order chi connectivity index (χ1) is 7.58. The number of hydrogen-bond acceptors (Lipinski definition) is 3. The fourth-order valence-corrected chi connectivity index (χ4v) is 1.70. The molecule has 0 amide bonds. The minimum atomic E-state index is 0.283. The van der Waals surface area contributed by atoms with Crippen molar-refractivity contribution in [3.05, 3.63) is 17.5 Å². The Bertz CT molecular complexity index is 375. The molecule has 1 aromatic heterocycles. The Morgan fingerprint density at radius 1 is 1.62 bits per heavy atom. The molecule has 0 aliphatic carbocycles. The summed E-state index contributed by atoms with van der Waals surface area (Å²) in [6, 6.07) is 4.60. The highest BCUT2D eigenvalue weighted by Gasteiger charge is 2.12. The van der Waals surface area contributed by atoms with Crippen LogP contribution in [0.25, 0.3) is 0 Å². The normalized spacial score (nSPS) is 12.8. The molecule has 0 fully saturated rings. The van der Waals surface area contributed by atoms with E-state index in [0.29, 0.717) is 6.42 Å². The van der Waals surface area contributed by atoms with Gasteiger partial charge in [0.15, 0.2) is 0 Å². The van der Waals surface area contributed by atoms with Crippen molar-refractivity contribution >= 4 is 0 Å². The lowest BCUT2D eigenvalue weighted by atomic mass is 10.2. The highest BCUT2D eigenvalue weighted by atomic mass is 15.3. The molecule has 4 nitrogen and oxygen atoms in total. The van der Waals surface area contributed by atoms with Crippen molar-refractivity contribution in [3.8, 4) is 6.07 Å². The zero-order valence-corrected chi connectivity index (χ0v) is 10.6. The molecule has 0 saturated heterocycles. The number of aryl methyl sites for hydroxylation is 2. The molecule has 0 aliphatic rings. The Morgan fingerprint density at radius 2 is 2.31 bits per heavy atom. The lowest BCUT2D eigenvalue weighted by molar-refractivity contribution is 0.245. The molecule has 0 aliphatic heterocycles. The number of aromatic nitrogens is 2. The second-order valence-electron chi connectivity index (χ2n) is 4.22. The smallest absolute Gasteiger partial charge is 0.0638 e. The van der Waals surface area contributed by atoms with Gasteiger partial charge in [-0.25, -0.2) is 0 Å². The Balaban J connectivity index is 2.69. The molecule has 0 saturated carbocycles. The molecule has 4 heteroatoms. The highest BCUT2D eigenvalue weighted by molar-refractivity contribution is 5.09. The summed E-state index contributed by atoms with van der Waals surface area (Å²) in [6.07, 6.45) is 0.565. The average Bonchev–Trinajstić information content (AvgIpc) is 2.59. The molecule has 0 bridgehead atoms. The van der Waals surface area contributed by atoms with E-state index < -0.39 is 0 Å². The first-order valence-corrected chi connectivity index (χ1v) is 5.69. The van der Waals surface area contributed by atoms with Crippen molar-refractivity contribution < 1.29 is 0 Å². The van der Waals surface area contributed by atoms with E-state index in [-0.39, 0.29) is 6.04 Å². The van der Waals surface area contributed by atoms with Gasteiger partial charge in [0, 0.05) is 19.1 Å². The van der Waals surface area contributed by atoms with Crippen LogP contribution in [0.3, 0.4) is 0 Å². The molecular weight excluding hydrogens is 200 g/mol. The van der Waals surface area contributed by atoms with Gasteiger partial charge in [-0.05, 0) is 33.9 Å². The number of nitrogens with zero attached hydrogens (tertiary/aromatic N) is 4. The highest BCUT2D eigenvalue weighted by Crippen LogP contribution is 2.10. The molecular formula is C12H20N4. The molecule has 1 rings (SSSR count). The summed E-state index contributed by atoms with van der Waals surface area (Å²) in [4.78, 5) is 2.19. The first kappa shape index (κ1) is 12.7. The predicted molar refractivity (Wildman–Crippen MR) is 63.8 cm³/mol. The van der Waals surface area contributed by atoms with Crippen molar-refractivity contribution in [1.29, 1.82) is 5.26 Å². The third kappa shape index (κ3) is 3.07. The van der Waals surface area contributed by atoms with Crippen LogP contribution in [0.15, 0.2) is 6.07 Å². The summed E-state index contributed by atoms with van der Waals surface area (Å²) < 4.78 is 2.02. The Labute approximate surface area is 97.5 Å². The minimum Gasteiger partial charge on any atom is -0.297 e. The van der Waals surface area contributed by atoms with E-state index in [0.717, 1.165) is 18.8 Å². The van der Waals surface area contributed by atoms with Crippen LogP contribution in [0, 0.1) is 18.3 Å². The van der Waals surface area contributed by atoms with E-state index in [9.17, 15) is 0 Å². The standard InChI is InChI=1S/C12H20N4/c1-5-16-12(8-10(2)14-16)9-15(4)11(3)6-7-13/h8,11H,5-6,9H2,1-4H3. The second kappa shape index (κ2) is 5.66. The molecule has 1 unspecified atom stereocenters. The van der Waals surface area contributed by atoms with Crippen LogP contribution < -0.4 is 0 Å². The van der Waals surface area contributed by atoms with Gasteiger partial charge in [-0.2, -0.15) is 10.4 Å². The zero-order chi connectivity index (χ0) is 12.1. The van der Waals surface area contributed by atoms with E-state index in [4.69, 9.17) is 5.26 Å². The predicted octanol–water partition coefficient (Wildman–Crippen LogP) is 1.95. The molecule has 1 atom stereocenters. The first-order valence-electron chi connectivity index (χ1n) is 5.69. The molecule has 0 aromatic carbocycles. The van der Waals surface area contributed by atoms with Crippen LogP contribution >= 0.6 is 0 Å². The van der Waals surface area contributed by atoms with E-state index in [1.807, 2.05) is 18.7 Å². The maximum absolute atomic E-state index is 8.66. The topological polar surface area (TPSA) is 44.9 Å². The monoisotopic (exact) mass is 220 g/mol. The molecule has 16 heavy (non-hydrogen) atoms. The molecule has 1 heterocycles. The van der Waals surface area contributed by atoms with Gasteiger partial charge in [0.1, 0.15) is 0 Å². The van der Waals surface area contributed by atoms with Crippen LogP contribution in [0.2, 0.25) is 0 Å². The third-order valence-electron chi connectivity index (χ3n) is 2.84. The molecule has 88 valence electrons. The van der Waals surface area contributed by atoms with Crippen LogP contribution in [0.1, 0.15) is 31.7 Å². The van der Waals surface area contributed by atoms with E-state index in [1.165, 1.54) is 5.69 Å². The average molecular weight is 220 g/mol. The SMILES string of the molecule is CCn1nc(C)cc1CN(C)C(C)CC#N. The Kier molecular flexibility index (Phi) is 4.51. The summed E-state index contributed by atoms with van der Waals surface area (Å²) in [7, 11) is 2.05. The molecule has 1 aromatic rings. The van der Waals surface area contributed by atoms with E-state index >= 15 is 0 Å². The minimum absolute atomic E-state index is 0.283. The van der Waals surface area contributed by atoms with Crippen LogP contribution in [0.5, 0.6) is 0 Å². The van der Waals surface area contributed by atoms with Gasteiger partial charge in [0.25, 0.3) is 0 Å². The fraction of sp³-hybridized carbons (Fsp3) is 0.667. The molecule has 0 N–H and O–H groups in total. The lowest BCUT2D eigenvalue weighted by Crippen LogP contribution is -2.29. The van der Waals surface area contributed by atoms with Gasteiger partial charge in [-0.1, -0.05) is 0 Å². The lowest BCUT2D eigenvalue weighted by Gasteiger charge is -2.22. The summed E-state index contributed by atoms with van der Waals surface area (Å²) in [5, 5.41) is 13.1. The summed E-state index contributed by atoms with van der Waals surface area (Å²) >= 11 is 0. The molecule has 0 spiro atoms. The van der Waals surface area contributed by atoms with Crippen molar-refractivity contribution in [2.24, 2.45) is 0 Å². The van der Waals surface area contributed by atoms with Gasteiger partial charge < -0.3 is 0 Å². The van der Waals surface area contributed by atoms with Gasteiger partial charge in [0.05, 0.1) is 23.9 Å². The quantitative estimate of drug-likeness (QED) is 0.761. The maximum atomic E-state index is 8.66. The van der Waals surface area contributed by atoms with Gasteiger partial charge in [-0.3, -0.25) is 9.58 Å². The Hall–Kier alpha value is -1.34. The van der Waals surface area contributed by atoms with Crippen LogP contribution in [-0.2, 0) is 13.1 Å². The zero-order valence-electron chi connectivity index (χ0n) is 10.6. The van der Waals surface area contributed by atoms with Gasteiger partial charge in [-0.15, -0.1) is 0 Å². The van der Waals surface area contributed by atoms with Gasteiger partial charge >= 0.3 is 0 Å². The van der Waals surface area contributed by atoms with Crippen molar-refractivity contribution in [3.63, 3.8) is 0 Å². The Morgan fingerprint density at radius 3 is 2.88 bits per heavy atom. The summed E-state index contributed by atoms with van der Waals surface area (Å²) in [6.45, 7) is 7.91. The largest absolute Gasteiger partial charge is 0.297 e. The molecule has 0 radical (unpaired) electrons. The van der Waals surface area contributed by atoms with Crippen molar-refractivity contribution in [2.75, 3.05) is 7.05 Å². The van der Waals surface area contributed by atoms with Crippen molar-refractivity contribution in [1.82, 2.24) is 14.7 Å². The third-order valence-corrected chi connectivity index (χ3v) is 2.84. The number of hydrogen-bond donors (Lipinski definition) is 0. The van der Waals surface area contributed by atoms with Crippen LogP contribution in [0.4, 0.5) is 0 Å². The van der Waals surface area contributed by atoms with Crippen molar-refractivity contribution in [2.45, 2.75) is 46.3 Å². The maximum Gasteiger partial charge on any atom is 0.0638 e. The van der Waals surface area contributed by atoms with E-state index in [1.54, 1.807) is 0 Å². The van der Waals surface area contributed by atoms with Gasteiger partial charge in [0.2, 0.25) is 0 Å². The summed E-state index contributed by atoms with van der Waals surface area (Å²) in [5.74, 6) is 0.